The smallest absolute Gasteiger partial charge is 0.119 e. The summed E-state index contributed by atoms with van der Waals surface area (Å²) >= 11 is 3.49. The van der Waals surface area contributed by atoms with Crippen LogP contribution < -0.4 is 4.74 Å². The Bertz CT molecular complexity index is 579. The molecule has 0 aliphatic heterocycles. The van der Waals surface area contributed by atoms with Gasteiger partial charge in [0, 0.05) is 11.2 Å². The molecule has 2 aromatic rings. The molecule has 0 amide bonds. The van der Waals surface area contributed by atoms with Crippen molar-refractivity contribution in [2.24, 2.45) is 0 Å². The van der Waals surface area contributed by atoms with Gasteiger partial charge in [0.15, 0.2) is 0 Å². The highest BCUT2D eigenvalue weighted by molar-refractivity contribution is 9.08. The molecular formula is C18H19BrO. The van der Waals surface area contributed by atoms with E-state index >= 15 is 0 Å². The fraction of sp³-hybridized carbons (Fsp3) is 0.333. The van der Waals surface area contributed by atoms with Crippen molar-refractivity contribution in [2.75, 3.05) is 6.61 Å². The molecule has 1 nitrogen and oxygen atoms in total. The maximum absolute atomic E-state index is 6.02. The van der Waals surface area contributed by atoms with Gasteiger partial charge in [0.1, 0.15) is 5.75 Å². The van der Waals surface area contributed by atoms with Crippen molar-refractivity contribution in [3.05, 3.63) is 65.2 Å². The normalized spacial score (nSPS) is 17.6. The first-order chi connectivity index (χ1) is 9.86. The van der Waals surface area contributed by atoms with Gasteiger partial charge < -0.3 is 4.74 Å². The lowest BCUT2D eigenvalue weighted by Gasteiger charge is -2.25. The van der Waals surface area contributed by atoms with Gasteiger partial charge in [-0.05, 0) is 48.1 Å². The largest absolute Gasteiger partial charge is 0.493 e. The Hall–Kier alpha value is -1.28. The fourth-order valence-corrected chi connectivity index (χ4v) is 3.29. The Labute approximate surface area is 129 Å². The molecule has 0 saturated carbocycles. The van der Waals surface area contributed by atoms with Gasteiger partial charge in [0.05, 0.1) is 6.61 Å². The summed E-state index contributed by atoms with van der Waals surface area (Å²) in [4.78, 5) is 0. The molecule has 0 heterocycles. The van der Waals surface area contributed by atoms with E-state index < -0.39 is 0 Å². The lowest BCUT2D eigenvalue weighted by Crippen LogP contribution is -2.16. The lowest BCUT2D eigenvalue weighted by molar-refractivity contribution is 0.274. The highest BCUT2D eigenvalue weighted by Gasteiger charge is 2.20. The molecular weight excluding hydrogens is 312 g/mol. The average molecular weight is 331 g/mol. The lowest BCUT2D eigenvalue weighted by atomic mass is 9.83. The van der Waals surface area contributed by atoms with Crippen molar-refractivity contribution in [3.8, 4) is 5.75 Å². The van der Waals surface area contributed by atoms with Gasteiger partial charge in [0.2, 0.25) is 0 Å². The molecule has 104 valence electrons. The summed E-state index contributed by atoms with van der Waals surface area (Å²) < 4.78 is 6.02. The number of hydrogen-bond acceptors (Lipinski definition) is 1. The van der Waals surface area contributed by atoms with E-state index in [1.807, 2.05) is 6.07 Å². The van der Waals surface area contributed by atoms with Crippen molar-refractivity contribution in [3.63, 3.8) is 0 Å². The maximum atomic E-state index is 6.02. The number of halogens is 1. The summed E-state index contributed by atoms with van der Waals surface area (Å²) in [5, 5.41) is 0.871. The SMILES string of the molecule is BrCc1cccc(OCC2CCCc3ccccc32)c1. The molecule has 0 saturated heterocycles. The van der Waals surface area contributed by atoms with E-state index in [0.717, 1.165) is 17.7 Å². The Balaban J connectivity index is 1.70. The standard InChI is InChI=1S/C18H19BrO/c19-12-14-5-3-9-17(11-14)20-13-16-8-4-7-15-6-1-2-10-18(15)16/h1-3,5-6,9-11,16H,4,7-8,12-13H2. The second kappa shape index (κ2) is 6.45. The number of benzene rings is 2. The van der Waals surface area contributed by atoms with Crippen LogP contribution in [0.1, 0.15) is 35.4 Å². The first-order valence-electron chi connectivity index (χ1n) is 7.22. The molecule has 0 N–H and O–H groups in total. The third kappa shape index (κ3) is 3.06. The van der Waals surface area contributed by atoms with Crippen LogP contribution in [0.15, 0.2) is 48.5 Å². The van der Waals surface area contributed by atoms with Crippen LogP contribution in [0, 0.1) is 0 Å². The zero-order valence-corrected chi connectivity index (χ0v) is 13.1. The van der Waals surface area contributed by atoms with Gasteiger partial charge >= 0.3 is 0 Å². The zero-order chi connectivity index (χ0) is 13.8. The molecule has 1 atom stereocenters. The van der Waals surface area contributed by atoms with Crippen molar-refractivity contribution >= 4 is 15.9 Å². The molecule has 0 fully saturated rings. The molecule has 2 aromatic carbocycles. The van der Waals surface area contributed by atoms with Crippen LogP contribution in [0.4, 0.5) is 0 Å². The third-order valence-electron chi connectivity index (χ3n) is 4.00. The molecule has 0 spiro atoms. The number of fused-ring (bicyclic) bond motifs is 1. The zero-order valence-electron chi connectivity index (χ0n) is 11.5. The number of alkyl halides is 1. The molecule has 2 heteroatoms. The minimum Gasteiger partial charge on any atom is -0.493 e. The number of rotatable bonds is 4. The van der Waals surface area contributed by atoms with E-state index in [2.05, 4.69) is 58.4 Å². The molecule has 1 aliphatic carbocycles. The van der Waals surface area contributed by atoms with Crippen LogP contribution in [0.25, 0.3) is 0 Å². The van der Waals surface area contributed by atoms with E-state index in [1.165, 1.54) is 36.0 Å². The summed E-state index contributed by atoms with van der Waals surface area (Å²) in [6.45, 7) is 0.781. The van der Waals surface area contributed by atoms with Gasteiger partial charge in [-0.25, -0.2) is 0 Å². The Morgan fingerprint density at radius 2 is 2.00 bits per heavy atom. The van der Waals surface area contributed by atoms with Crippen molar-refractivity contribution in [1.82, 2.24) is 0 Å². The highest BCUT2D eigenvalue weighted by Crippen LogP contribution is 2.32. The summed E-state index contributed by atoms with van der Waals surface area (Å²) in [6, 6.07) is 17.1. The third-order valence-corrected chi connectivity index (χ3v) is 4.65. The van der Waals surface area contributed by atoms with Gasteiger partial charge in [-0.1, -0.05) is 52.3 Å². The van der Waals surface area contributed by atoms with E-state index in [-0.39, 0.29) is 0 Å². The van der Waals surface area contributed by atoms with Crippen LogP contribution in [-0.4, -0.2) is 6.61 Å². The maximum Gasteiger partial charge on any atom is 0.119 e. The number of hydrogen-bond donors (Lipinski definition) is 0. The van der Waals surface area contributed by atoms with Gasteiger partial charge in [0.25, 0.3) is 0 Å². The summed E-state index contributed by atoms with van der Waals surface area (Å²) in [5.74, 6) is 1.51. The Morgan fingerprint density at radius 1 is 1.10 bits per heavy atom. The predicted molar refractivity (Wildman–Crippen MR) is 86.7 cm³/mol. The van der Waals surface area contributed by atoms with Crippen molar-refractivity contribution in [1.29, 1.82) is 0 Å². The van der Waals surface area contributed by atoms with Crippen LogP contribution in [0.2, 0.25) is 0 Å². The monoisotopic (exact) mass is 330 g/mol. The summed E-state index contributed by atoms with van der Waals surface area (Å²) in [5.41, 5.74) is 4.24. The van der Waals surface area contributed by atoms with Gasteiger partial charge in [-0.3, -0.25) is 0 Å². The van der Waals surface area contributed by atoms with E-state index in [1.54, 1.807) is 0 Å². The van der Waals surface area contributed by atoms with E-state index in [9.17, 15) is 0 Å². The molecule has 0 bridgehead atoms. The van der Waals surface area contributed by atoms with Crippen LogP contribution in [-0.2, 0) is 11.8 Å². The topological polar surface area (TPSA) is 9.23 Å². The second-order valence-electron chi connectivity index (χ2n) is 5.38. The van der Waals surface area contributed by atoms with Crippen LogP contribution in [0.3, 0.4) is 0 Å². The number of aryl methyl sites for hydroxylation is 1. The minimum atomic E-state index is 0.535. The average Bonchev–Trinajstić information content (AvgIpc) is 2.53. The highest BCUT2D eigenvalue weighted by atomic mass is 79.9. The quantitative estimate of drug-likeness (QED) is 0.710. The second-order valence-corrected chi connectivity index (χ2v) is 5.94. The van der Waals surface area contributed by atoms with Crippen molar-refractivity contribution in [2.45, 2.75) is 30.5 Å². The van der Waals surface area contributed by atoms with Gasteiger partial charge in [-0.15, -0.1) is 0 Å². The molecule has 20 heavy (non-hydrogen) atoms. The Kier molecular flexibility index (Phi) is 4.41. The van der Waals surface area contributed by atoms with E-state index in [4.69, 9.17) is 4.74 Å². The molecule has 0 aromatic heterocycles. The van der Waals surface area contributed by atoms with E-state index in [0.29, 0.717) is 5.92 Å². The van der Waals surface area contributed by atoms with Gasteiger partial charge in [-0.2, -0.15) is 0 Å². The van der Waals surface area contributed by atoms with Crippen LogP contribution >= 0.6 is 15.9 Å². The molecule has 1 aliphatic rings. The minimum absolute atomic E-state index is 0.535. The summed E-state index contributed by atoms with van der Waals surface area (Å²) in [7, 11) is 0. The first-order valence-corrected chi connectivity index (χ1v) is 8.34. The first kappa shape index (κ1) is 13.7. The molecule has 1 unspecified atom stereocenters. The molecule has 0 radical (unpaired) electrons. The fourth-order valence-electron chi connectivity index (χ4n) is 2.94. The van der Waals surface area contributed by atoms with Crippen molar-refractivity contribution < 1.29 is 4.74 Å². The number of ether oxygens (including phenoxy) is 1. The molecule has 3 rings (SSSR count). The van der Waals surface area contributed by atoms with Crippen LogP contribution in [0.5, 0.6) is 5.75 Å². The summed E-state index contributed by atoms with van der Waals surface area (Å²) in [6.07, 6.45) is 3.72. The Morgan fingerprint density at radius 3 is 2.90 bits per heavy atom. The predicted octanol–water partition coefficient (Wildman–Crippen LogP) is 5.08.